The topological polar surface area (TPSA) is 81.6 Å². The van der Waals surface area contributed by atoms with Crippen molar-refractivity contribution in [2.24, 2.45) is 0 Å². The second-order valence-corrected chi connectivity index (χ2v) is 10.8. The Morgan fingerprint density at radius 2 is 2.03 bits per heavy atom. The molecule has 2 N–H and O–H groups in total. The number of likely N-dealkylation sites (tertiary alicyclic amines) is 1. The summed E-state index contributed by atoms with van der Waals surface area (Å²) in [7, 11) is 4.34. The van der Waals surface area contributed by atoms with E-state index in [0.29, 0.717) is 38.0 Å². The van der Waals surface area contributed by atoms with E-state index in [0.717, 1.165) is 41.7 Å². The van der Waals surface area contributed by atoms with E-state index >= 15 is 0 Å². The van der Waals surface area contributed by atoms with E-state index < -0.39 is 0 Å². The smallest absolute Gasteiger partial charge is 0.223 e. The van der Waals surface area contributed by atoms with Gasteiger partial charge >= 0.3 is 0 Å². The van der Waals surface area contributed by atoms with E-state index in [-0.39, 0.29) is 17.9 Å². The number of nitrogens with zero attached hydrogens (tertiary/aromatic N) is 4. The summed E-state index contributed by atoms with van der Waals surface area (Å²) < 4.78 is 0. The highest BCUT2D eigenvalue weighted by molar-refractivity contribution is 7.19. The van der Waals surface area contributed by atoms with Gasteiger partial charge in [-0.3, -0.25) is 4.79 Å². The van der Waals surface area contributed by atoms with E-state index in [1.165, 1.54) is 23.3 Å². The SMILES string of the molecule is CN(C)C1CCC(Nc2ncnc3sc4c(c23)C(CC(=O)N2CC[C@@H](O)C2)CC4)CC1. The maximum atomic E-state index is 12.9. The summed E-state index contributed by atoms with van der Waals surface area (Å²) in [4.78, 5) is 28.7. The highest BCUT2D eigenvalue weighted by atomic mass is 32.1. The number of hydrogen-bond acceptors (Lipinski definition) is 7. The number of rotatable bonds is 5. The second-order valence-electron chi connectivity index (χ2n) is 9.68. The molecule has 0 aromatic carbocycles. The minimum Gasteiger partial charge on any atom is -0.391 e. The number of amides is 1. The average Bonchev–Trinajstić information content (AvgIpc) is 3.45. The van der Waals surface area contributed by atoms with Crippen LogP contribution in [-0.2, 0) is 11.2 Å². The number of aliphatic hydroxyl groups is 1. The van der Waals surface area contributed by atoms with Crippen molar-refractivity contribution in [1.82, 2.24) is 19.8 Å². The molecule has 1 amide bonds. The summed E-state index contributed by atoms with van der Waals surface area (Å²) in [5.41, 5.74) is 1.30. The van der Waals surface area contributed by atoms with Crippen LogP contribution in [0.5, 0.6) is 0 Å². The Bertz CT molecular complexity index is 953. The van der Waals surface area contributed by atoms with Crippen LogP contribution in [0.2, 0.25) is 0 Å². The lowest BCUT2D eigenvalue weighted by atomic mass is 9.90. The Morgan fingerprint density at radius 3 is 2.74 bits per heavy atom. The zero-order chi connectivity index (χ0) is 21.5. The first-order valence-electron chi connectivity index (χ1n) is 11.6. The van der Waals surface area contributed by atoms with Gasteiger partial charge in [0.15, 0.2) is 0 Å². The fourth-order valence-electron chi connectivity index (χ4n) is 5.62. The number of aryl methyl sites for hydroxylation is 1. The van der Waals surface area contributed by atoms with Crippen LogP contribution >= 0.6 is 11.3 Å². The molecule has 3 heterocycles. The highest BCUT2D eigenvalue weighted by Gasteiger charge is 2.34. The monoisotopic (exact) mass is 443 g/mol. The van der Waals surface area contributed by atoms with Crippen molar-refractivity contribution in [1.29, 1.82) is 0 Å². The van der Waals surface area contributed by atoms with Gasteiger partial charge in [-0.1, -0.05) is 0 Å². The van der Waals surface area contributed by atoms with Crippen molar-refractivity contribution < 1.29 is 9.90 Å². The minimum absolute atomic E-state index is 0.169. The lowest BCUT2D eigenvalue weighted by Gasteiger charge is -2.33. The molecule has 0 bridgehead atoms. The number of aromatic nitrogens is 2. The molecule has 3 aliphatic rings. The molecule has 1 unspecified atom stereocenters. The third kappa shape index (κ3) is 4.17. The summed E-state index contributed by atoms with van der Waals surface area (Å²) in [5, 5.41) is 14.7. The molecule has 1 saturated heterocycles. The van der Waals surface area contributed by atoms with Crippen LogP contribution in [0.1, 0.15) is 61.3 Å². The van der Waals surface area contributed by atoms with E-state index in [1.54, 1.807) is 17.7 Å². The van der Waals surface area contributed by atoms with Crippen molar-refractivity contribution >= 4 is 33.3 Å². The number of nitrogens with one attached hydrogen (secondary N) is 1. The van der Waals surface area contributed by atoms with Gasteiger partial charge in [0.05, 0.1) is 11.5 Å². The van der Waals surface area contributed by atoms with Crippen molar-refractivity contribution in [3.63, 3.8) is 0 Å². The van der Waals surface area contributed by atoms with Crippen LogP contribution in [0.25, 0.3) is 10.2 Å². The molecule has 1 aliphatic heterocycles. The Balaban J connectivity index is 1.35. The summed E-state index contributed by atoms with van der Waals surface area (Å²) in [6, 6.07) is 1.12. The van der Waals surface area contributed by atoms with E-state index in [9.17, 15) is 9.90 Å². The number of aliphatic hydroxyl groups excluding tert-OH is 1. The zero-order valence-corrected chi connectivity index (χ0v) is 19.3. The molecule has 7 nitrogen and oxygen atoms in total. The van der Waals surface area contributed by atoms with Crippen LogP contribution in [0.3, 0.4) is 0 Å². The predicted octanol–water partition coefficient (Wildman–Crippen LogP) is 2.99. The molecule has 0 spiro atoms. The number of thiophene rings is 1. The van der Waals surface area contributed by atoms with Crippen molar-refractivity contribution in [2.75, 3.05) is 32.5 Å². The van der Waals surface area contributed by atoms with Gasteiger partial charge in [0.2, 0.25) is 5.91 Å². The van der Waals surface area contributed by atoms with Crippen molar-refractivity contribution in [3.8, 4) is 0 Å². The molecule has 2 atom stereocenters. The molecule has 2 aromatic rings. The van der Waals surface area contributed by atoms with Gasteiger partial charge in [-0.05, 0) is 70.5 Å². The Morgan fingerprint density at radius 1 is 1.23 bits per heavy atom. The Kier molecular flexibility index (Phi) is 5.88. The molecule has 2 aliphatic carbocycles. The third-order valence-electron chi connectivity index (χ3n) is 7.44. The van der Waals surface area contributed by atoms with Crippen LogP contribution < -0.4 is 5.32 Å². The lowest BCUT2D eigenvalue weighted by Crippen LogP contribution is -2.36. The van der Waals surface area contributed by atoms with Crippen LogP contribution in [0.15, 0.2) is 6.33 Å². The number of hydrogen-bond donors (Lipinski definition) is 2. The average molecular weight is 444 g/mol. The number of β-amino-alcohol motifs (C(OH)–C–C–N with tert-alkyl or cyclic N) is 1. The molecular formula is C23H33N5O2S. The molecular weight excluding hydrogens is 410 g/mol. The number of fused-ring (bicyclic) bond motifs is 3. The molecule has 2 fully saturated rings. The predicted molar refractivity (Wildman–Crippen MR) is 124 cm³/mol. The molecule has 0 radical (unpaired) electrons. The zero-order valence-electron chi connectivity index (χ0n) is 18.5. The number of carbonyl (C=O) groups excluding carboxylic acids is 1. The quantitative estimate of drug-likeness (QED) is 0.739. The van der Waals surface area contributed by atoms with E-state index in [2.05, 4.69) is 34.3 Å². The first kappa shape index (κ1) is 21.1. The summed E-state index contributed by atoms with van der Waals surface area (Å²) >= 11 is 1.77. The van der Waals surface area contributed by atoms with Gasteiger partial charge in [0.25, 0.3) is 0 Å². The Labute approximate surface area is 187 Å². The van der Waals surface area contributed by atoms with Gasteiger partial charge in [-0.15, -0.1) is 11.3 Å². The highest BCUT2D eigenvalue weighted by Crippen LogP contribution is 2.47. The fourth-order valence-corrected chi connectivity index (χ4v) is 6.86. The normalized spacial score (nSPS) is 28.5. The second kappa shape index (κ2) is 8.64. The molecule has 2 aromatic heterocycles. The summed E-state index contributed by atoms with van der Waals surface area (Å²) in [6.07, 6.45) is 9.28. The Hall–Kier alpha value is -1.77. The van der Waals surface area contributed by atoms with Gasteiger partial charge < -0.3 is 20.2 Å². The van der Waals surface area contributed by atoms with Gasteiger partial charge in [0, 0.05) is 36.5 Å². The molecule has 31 heavy (non-hydrogen) atoms. The summed E-state index contributed by atoms with van der Waals surface area (Å²) in [6.45, 7) is 1.16. The van der Waals surface area contributed by atoms with E-state index in [1.807, 2.05) is 4.90 Å². The van der Waals surface area contributed by atoms with Crippen LogP contribution in [-0.4, -0.2) is 76.2 Å². The maximum absolute atomic E-state index is 12.9. The van der Waals surface area contributed by atoms with E-state index in [4.69, 9.17) is 0 Å². The fraction of sp³-hybridized carbons (Fsp3) is 0.696. The molecule has 1 saturated carbocycles. The number of carbonyl (C=O) groups is 1. The number of anilines is 1. The first-order valence-corrected chi connectivity index (χ1v) is 12.5. The molecule has 8 heteroatoms. The molecule has 5 rings (SSSR count). The van der Waals surface area contributed by atoms with Crippen molar-refractivity contribution in [3.05, 3.63) is 16.8 Å². The third-order valence-corrected chi connectivity index (χ3v) is 8.61. The van der Waals surface area contributed by atoms with Crippen molar-refractivity contribution in [2.45, 2.75) is 75.5 Å². The molecule has 168 valence electrons. The van der Waals surface area contributed by atoms with Gasteiger partial charge in [-0.2, -0.15) is 0 Å². The van der Waals surface area contributed by atoms with Crippen LogP contribution in [0, 0.1) is 0 Å². The standard InChI is InChI=1S/C23H33N5O2S/c1-27(2)16-6-4-15(5-7-16)26-22-21-20-14(11-19(30)28-10-9-17(29)12-28)3-8-18(20)31-23(21)25-13-24-22/h13-17,29H,3-12H2,1-2H3,(H,24,25,26)/t14?,15?,16?,17-/m1/s1. The largest absolute Gasteiger partial charge is 0.391 e. The summed E-state index contributed by atoms with van der Waals surface area (Å²) in [5.74, 6) is 1.35. The maximum Gasteiger partial charge on any atom is 0.223 e. The van der Waals surface area contributed by atoms with Gasteiger partial charge in [0.1, 0.15) is 17.0 Å². The van der Waals surface area contributed by atoms with Gasteiger partial charge in [-0.25, -0.2) is 9.97 Å². The first-order chi connectivity index (χ1) is 15.0. The minimum atomic E-state index is -0.364. The van der Waals surface area contributed by atoms with Crippen LogP contribution in [0.4, 0.5) is 5.82 Å². The lowest BCUT2D eigenvalue weighted by molar-refractivity contribution is -0.130.